The first-order valence-corrected chi connectivity index (χ1v) is 9.70. The number of cyclic esters (lactones) is 1. The van der Waals surface area contributed by atoms with Crippen LogP contribution in [0.4, 0.5) is 4.39 Å². The van der Waals surface area contributed by atoms with Crippen LogP contribution in [0.2, 0.25) is 0 Å². The van der Waals surface area contributed by atoms with Crippen molar-refractivity contribution >= 4 is 12.0 Å². The van der Waals surface area contributed by atoms with Gasteiger partial charge in [-0.05, 0) is 46.9 Å². The van der Waals surface area contributed by atoms with Crippen molar-refractivity contribution in [1.29, 1.82) is 0 Å². The standard InChI is InChI=1S/C23H23FO5/c1-13(2)19-11-20-23(28-12-27-20)22(14-3-5-15(24)6-4-14)18(19)8-7-17-9-16(25)10-21(26)29-17/h3-8,11,13,16-17,25H,9-10,12H2,1-2H3/b8-7+/t16-,17-/m1/s1. The summed E-state index contributed by atoms with van der Waals surface area (Å²) in [5.41, 5.74) is 3.54. The minimum Gasteiger partial charge on any atom is -0.458 e. The van der Waals surface area contributed by atoms with E-state index in [1.807, 2.05) is 12.1 Å². The van der Waals surface area contributed by atoms with Gasteiger partial charge in [-0.1, -0.05) is 32.1 Å². The maximum atomic E-state index is 13.5. The predicted octanol–water partition coefficient (Wildman–Crippen LogP) is 4.42. The molecule has 1 saturated heterocycles. The highest BCUT2D eigenvalue weighted by atomic mass is 19.1. The Hall–Kier alpha value is -2.86. The molecule has 5 nitrogen and oxygen atoms in total. The van der Waals surface area contributed by atoms with Crippen LogP contribution in [0.5, 0.6) is 11.5 Å². The molecule has 0 unspecified atom stereocenters. The van der Waals surface area contributed by atoms with E-state index < -0.39 is 18.2 Å². The van der Waals surface area contributed by atoms with Crippen molar-refractivity contribution < 1.29 is 28.5 Å². The Morgan fingerprint density at radius 2 is 1.97 bits per heavy atom. The van der Waals surface area contributed by atoms with E-state index in [4.69, 9.17) is 14.2 Å². The van der Waals surface area contributed by atoms with Crippen LogP contribution in [0, 0.1) is 5.82 Å². The van der Waals surface area contributed by atoms with Crippen LogP contribution in [0.1, 0.15) is 43.7 Å². The summed E-state index contributed by atoms with van der Waals surface area (Å²) in [7, 11) is 0. The molecule has 6 heteroatoms. The molecule has 0 aliphatic carbocycles. The number of carbonyl (C=O) groups is 1. The number of hydrogen-bond acceptors (Lipinski definition) is 5. The Morgan fingerprint density at radius 1 is 1.21 bits per heavy atom. The van der Waals surface area contributed by atoms with Crippen LogP contribution in [0.15, 0.2) is 36.4 Å². The fourth-order valence-corrected chi connectivity index (χ4v) is 3.77. The number of fused-ring (bicyclic) bond motifs is 1. The number of carbonyl (C=O) groups excluding carboxylic acids is 1. The highest BCUT2D eigenvalue weighted by Crippen LogP contribution is 2.47. The van der Waals surface area contributed by atoms with Gasteiger partial charge >= 0.3 is 5.97 Å². The summed E-state index contributed by atoms with van der Waals surface area (Å²) in [5, 5.41) is 9.87. The number of halogens is 1. The number of ether oxygens (including phenoxy) is 3. The van der Waals surface area contributed by atoms with Gasteiger partial charge in [-0.15, -0.1) is 0 Å². The molecule has 0 amide bonds. The second kappa shape index (κ2) is 7.87. The topological polar surface area (TPSA) is 65.0 Å². The molecule has 0 radical (unpaired) electrons. The van der Waals surface area contributed by atoms with Gasteiger partial charge in [0.05, 0.1) is 12.5 Å². The summed E-state index contributed by atoms with van der Waals surface area (Å²) < 4.78 is 30.2. The molecule has 152 valence electrons. The molecular formula is C23H23FO5. The Bertz CT molecular complexity index is 949. The van der Waals surface area contributed by atoms with Crippen molar-refractivity contribution in [3.05, 3.63) is 53.4 Å². The zero-order valence-corrected chi connectivity index (χ0v) is 16.4. The van der Waals surface area contributed by atoms with Gasteiger partial charge in [-0.25, -0.2) is 4.39 Å². The second-order valence-corrected chi connectivity index (χ2v) is 7.63. The molecule has 2 aromatic carbocycles. The van der Waals surface area contributed by atoms with E-state index in [9.17, 15) is 14.3 Å². The third-order valence-corrected chi connectivity index (χ3v) is 5.16. The third-order valence-electron chi connectivity index (χ3n) is 5.16. The highest BCUT2D eigenvalue weighted by molar-refractivity contribution is 5.85. The van der Waals surface area contributed by atoms with Crippen molar-refractivity contribution in [3.8, 4) is 22.6 Å². The lowest BCUT2D eigenvalue weighted by Crippen LogP contribution is -2.31. The lowest BCUT2D eigenvalue weighted by atomic mass is 9.88. The SMILES string of the molecule is CC(C)c1cc2c(c(-c3ccc(F)cc3)c1/C=C/[C@@H]1C[C@@H](O)CC(=O)O1)OCO2. The van der Waals surface area contributed by atoms with Crippen molar-refractivity contribution in [2.75, 3.05) is 6.79 Å². The summed E-state index contributed by atoms with van der Waals surface area (Å²) in [6, 6.07) is 8.19. The predicted molar refractivity (Wildman–Crippen MR) is 106 cm³/mol. The first-order valence-electron chi connectivity index (χ1n) is 9.70. The molecule has 2 heterocycles. The molecule has 1 fully saturated rings. The molecular weight excluding hydrogens is 375 g/mol. The van der Waals surface area contributed by atoms with Crippen molar-refractivity contribution in [2.24, 2.45) is 0 Å². The van der Waals surface area contributed by atoms with E-state index in [2.05, 4.69) is 13.8 Å². The first kappa shape index (κ1) is 19.5. The lowest BCUT2D eigenvalue weighted by Gasteiger charge is -2.24. The quantitative estimate of drug-likeness (QED) is 0.772. The van der Waals surface area contributed by atoms with Crippen molar-refractivity contribution in [1.82, 2.24) is 0 Å². The second-order valence-electron chi connectivity index (χ2n) is 7.63. The normalized spacial score (nSPS) is 21.1. The molecule has 2 aromatic rings. The van der Waals surface area contributed by atoms with Crippen LogP contribution in [-0.2, 0) is 9.53 Å². The van der Waals surface area contributed by atoms with Gasteiger partial charge in [0.25, 0.3) is 0 Å². The lowest BCUT2D eigenvalue weighted by molar-refractivity contribution is -0.156. The minimum atomic E-state index is -0.705. The molecule has 1 N–H and O–H groups in total. The summed E-state index contributed by atoms with van der Waals surface area (Å²) in [6.07, 6.45) is 2.85. The Kier molecular flexibility index (Phi) is 5.28. The Balaban J connectivity index is 1.83. The largest absolute Gasteiger partial charge is 0.458 e. The van der Waals surface area contributed by atoms with E-state index >= 15 is 0 Å². The molecule has 4 rings (SSSR count). The third kappa shape index (κ3) is 3.98. The first-order chi connectivity index (χ1) is 13.9. The van der Waals surface area contributed by atoms with E-state index in [1.54, 1.807) is 18.2 Å². The summed E-state index contributed by atoms with van der Waals surface area (Å²) in [6.45, 7) is 4.28. The smallest absolute Gasteiger partial charge is 0.309 e. The number of aliphatic hydroxyl groups is 1. The maximum absolute atomic E-state index is 13.5. The molecule has 0 saturated carbocycles. The molecule has 0 aromatic heterocycles. The summed E-state index contributed by atoms with van der Waals surface area (Å²) >= 11 is 0. The molecule has 0 bridgehead atoms. The van der Waals surface area contributed by atoms with Gasteiger partial charge in [0.2, 0.25) is 6.79 Å². The zero-order valence-electron chi connectivity index (χ0n) is 16.4. The Morgan fingerprint density at radius 3 is 2.66 bits per heavy atom. The number of rotatable bonds is 4. The van der Waals surface area contributed by atoms with Crippen LogP contribution < -0.4 is 9.47 Å². The van der Waals surface area contributed by atoms with Gasteiger partial charge < -0.3 is 19.3 Å². The number of hydrogen-bond donors (Lipinski definition) is 1. The van der Waals surface area contributed by atoms with Crippen LogP contribution >= 0.6 is 0 Å². The number of benzene rings is 2. The number of esters is 1. The monoisotopic (exact) mass is 398 g/mol. The molecule has 2 atom stereocenters. The zero-order chi connectivity index (χ0) is 20.5. The maximum Gasteiger partial charge on any atom is 0.309 e. The fourth-order valence-electron chi connectivity index (χ4n) is 3.77. The fraction of sp³-hybridized carbons (Fsp3) is 0.348. The van der Waals surface area contributed by atoms with E-state index in [0.29, 0.717) is 17.9 Å². The van der Waals surface area contributed by atoms with E-state index in [0.717, 1.165) is 22.3 Å². The summed E-state index contributed by atoms with van der Waals surface area (Å²) in [4.78, 5) is 11.7. The molecule has 2 aliphatic rings. The minimum absolute atomic E-state index is 0.0203. The molecule has 29 heavy (non-hydrogen) atoms. The van der Waals surface area contributed by atoms with Gasteiger partial charge in [-0.3, -0.25) is 4.79 Å². The molecule has 2 aliphatic heterocycles. The molecule has 0 spiro atoms. The van der Waals surface area contributed by atoms with Gasteiger partial charge in [0.1, 0.15) is 11.9 Å². The summed E-state index contributed by atoms with van der Waals surface area (Å²) in [5.74, 6) is 0.726. The van der Waals surface area contributed by atoms with Gasteiger partial charge in [0.15, 0.2) is 11.5 Å². The van der Waals surface area contributed by atoms with Crippen LogP contribution in [0.3, 0.4) is 0 Å². The van der Waals surface area contributed by atoms with Gasteiger partial charge in [-0.2, -0.15) is 0 Å². The van der Waals surface area contributed by atoms with E-state index in [-0.39, 0.29) is 24.9 Å². The highest BCUT2D eigenvalue weighted by Gasteiger charge is 2.28. The van der Waals surface area contributed by atoms with Gasteiger partial charge in [0, 0.05) is 12.0 Å². The van der Waals surface area contributed by atoms with Crippen LogP contribution in [-0.4, -0.2) is 30.1 Å². The van der Waals surface area contributed by atoms with Crippen molar-refractivity contribution in [2.45, 2.75) is 44.8 Å². The number of aliphatic hydroxyl groups excluding tert-OH is 1. The average molecular weight is 398 g/mol. The Labute approximate surface area is 168 Å². The van der Waals surface area contributed by atoms with Crippen LogP contribution in [0.25, 0.3) is 17.2 Å². The van der Waals surface area contributed by atoms with Crippen molar-refractivity contribution in [3.63, 3.8) is 0 Å². The van der Waals surface area contributed by atoms with E-state index in [1.165, 1.54) is 12.1 Å². The average Bonchev–Trinajstić information content (AvgIpc) is 3.13.